The van der Waals surface area contributed by atoms with Gasteiger partial charge in [0.1, 0.15) is 0 Å². The number of alkyl halides is 1. The van der Waals surface area contributed by atoms with Gasteiger partial charge in [-0.3, -0.25) is 0 Å². The summed E-state index contributed by atoms with van der Waals surface area (Å²) in [5, 5.41) is 2.57. The van der Waals surface area contributed by atoms with Gasteiger partial charge in [0.2, 0.25) is 0 Å². The summed E-state index contributed by atoms with van der Waals surface area (Å²) < 4.78 is 19.4. The fourth-order valence-electron chi connectivity index (χ4n) is 3.33. The molecule has 1 aliphatic heterocycles. The van der Waals surface area contributed by atoms with E-state index < -0.39 is 0 Å². The van der Waals surface area contributed by atoms with Gasteiger partial charge in [0.15, 0.2) is 0 Å². The van der Waals surface area contributed by atoms with Crippen LogP contribution in [0.3, 0.4) is 0 Å². The molecule has 3 atom stereocenters. The van der Waals surface area contributed by atoms with E-state index in [0.29, 0.717) is 8.58 Å². The van der Waals surface area contributed by atoms with Crippen molar-refractivity contribution in [2.75, 3.05) is 14.2 Å². The number of benzene rings is 3. The Labute approximate surface area is 180 Å². The number of halogens is 1. The van der Waals surface area contributed by atoms with E-state index in [0.717, 1.165) is 28.4 Å². The minimum atomic E-state index is -0.268. The topological polar surface area (TPSA) is 27.7 Å². The van der Waals surface area contributed by atoms with Crippen LogP contribution in [0.25, 0.3) is 11.1 Å². The van der Waals surface area contributed by atoms with Gasteiger partial charge in [-0.2, -0.15) is 0 Å². The Balaban J connectivity index is 1.71. The predicted molar refractivity (Wildman–Crippen MR) is 117 cm³/mol. The molecule has 0 bridgehead atoms. The molecular weight excluding hydrogens is 501 g/mol. The first kappa shape index (κ1) is 19.9. The van der Waals surface area contributed by atoms with Crippen LogP contribution < -0.4 is 46.0 Å². The molecule has 28 heavy (non-hydrogen) atoms. The summed E-state index contributed by atoms with van der Waals surface area (Å²) in [6, 6.07) is 18.7. The third kappa shape index (κ3) is 3.75. The van der Waals surface area contributed by atoms with Crippen LogP contribution in [0.4, 0.5) is 0 Å². The molecule has 0 saturated carbocycles. The normalized spacial score (nSPS) is 16.1. The van der Waals surface area contributed by atoms with Gasteiger partial charge < -0.3 is 0 Å². The van der Waals surface area contributed by atoms with Gasteiger partial charge in [-0.05, 0) is 0 Å². The Kier molecular flexibility index (Phi) is 6.10. The van der Waals surface area contributed by atoms with Crippen LogP contribution in [-0.4, -0.2) is 18.1 Å². The molecule has 3 unspecified atom stereocenters. The monoisotopic (exact) mass is 523 g/mol. The van der Waals surface area contributed by atoms with E-state index >= 15 is 0 Å². The minimum absolute atomic E-state index is 0.260. The van der Waals surface area contributed by atoms with E-state index in [2.05, 4.69) is 52.6 Å². The first-order chi connectivity index (χ1) is 13.6. The number of rotatable bonds is 5. The van der Waals surface area contributed by atoms with E-state index in [1.165, 1.54) is 19.7 Å². The molecule has 146 valence electrons. The average molecular weight is 523 g/mol. The first-order valence-electron chi connectivity index (χ1n) is 8.88. The molecule has 0 radical (unpaired) electrons. The third-order valence-electron chi connectivity index (χ3n) is 4.64. The van der Waals surface area contributed by atoms with Crippen LogP contribution in [0.5, 0.6) is 17.2 Å². The van der Waals surface area contributed by atoms with Crippen LogP contribution in [0.15, 0.2) is 54.6 Å². The summed E-state index contributed by atoms with van der Waals surface area (Å²) in [5.41, 5.74) is 3.51. The zero-order chi connectivity index (χ0) is 19.7. The fraction of sp³-hybridized carbons (Fsp3) is 0.182. The first-order valence-corrected chi connectivity index (χ1v) is 12.9. The Morgan fingerprint density at radius 2 is 1.64 bits per heavy atom. The molecule has 3 aromatic carbocycles. The van der Waals surface area contributed by atoms with E-state index in [1.54, 1.807) is 14.2 Å². The summed E-state index contributed by atoms with van der Waals surface area (Å²) in [6.07, 6.45) is 0. The van der Waals surface area contributed by atoms with Gasteiger partial charge in [-0.25, -0.2) is 0 Å². The Morgan fingerprint density at radius 1 is 0.964 bits per heavy atom. The number of fused-ring (bicyclic) bond motifs is 1. The SMILES string of the molecule is COc1cccc(OC)c1-c1cccc2c1PC([I-]c1c(C)cccc1P)O2. The molecule has 0 spiro atoms. The van der Waals surface area contributed by atoms with Crippen molar-refractivity contribution in [3.05, 3.63) is 63.7 Å². The predicted octanol–water partition coefficient (Wildman–Crippen LogP) is 1.12. The van der Waals surface area contributed by atoms with Gasteiger partial charge in [0.25, 0.3) is 0 Å². The molecule has 0 N–H and O–H groups in total. The number of aryl methyl sites for hydroxylation is 1. The Hall–Kier alpha value is -1.35. The van der Waals surface area contributed by atoms with Crippen molar-refractivity contribution < 1.29 is 35.4 Å². The number of ether oxygens (including phenoxy) is 3. The van der Waals surface area contributed by atoms with Crippen LogP contribution in [0.2, 0.25) is 0 Å². The third-order valence-corrected chi connectivity index (χ3v) is 11.4. The fourth-order valence-corrected chi connectivity index (χ4v) is 9.51. The molecule has 3 aromatic rings. The van der Waals surface area contributed by atoms with Crippen LogP contribution in [-0.2, 0) is 0 Å². The Bertz CT molecular complexity index is 980. The van der Waals surface area contributed by atoms with Gasteiger partial charge in [0.05, 0.1) is 0 Å². The Morgan fingerprint density at radius 3 is 2.32 bits per heavy atom. The number of methoxy groups -OCH3 is 2. The van der Waals surface area contributed by atoms with Crippen molar-refractivity contribution in [2.24, 2.45) is 0 Å². The van der Waals surface area contributed by atoms with Gasteiger partial charge >= 0.3 is 181 Å². The zero-order valence-electron chi connectivity index (χ0n) is 16.0. The summed E-state index contributed by atoms with van der Waals surface area (Å²) >= 11 is -0.268. The van der Waals surface area contributed by atoms with Gasteiger partial charge in [0, 0.05) is 0 Å². The molecule has 0 saturated heterocycles. The molecule has 6 heteroatoms. The van der Waals surface area contributed by atoms with Gasteiger partial charge in [-0.15, -0.1) is 0 Å². The summed E-state index contributed by atoms with van der Waals surface area (Å²) in [4.78, 5) is 0. The second kappa shape index (κ2) is 8.57. The van der Waals surface area contributed by atoms with Crippen molar-refractivity contribution in [1.82, 2.24) is 0 Å². The molecule has 0 amide bonds. The van der Waals surface area contributed by atoms with E-state index in [4.69, 9.17) is 14.2 Å². The summed E-state index contributed by atoms with van der Waals surface area (Å²) in [6.45, 7) is 2.19. The maximum absolute atomic E-state index is 6.40. The van der Waals surface area contributed by atoms with Crippen molar-refractivity contribution in [3.8, 4) is 28.4 Å². The molecule has 3 nitrogen and oxygen atoms in total. The quantitative estimate of drug-likeness (QED) is 0.285. The molecule has 0 aromatic heterocycles. The van der Waals surface area contributed by atoms with Crippen LogP contribution in [0.1, 0.15) is 5.56 Å². The standard InChI is InChI=1S/C22H22IO3P2/c1-13-7-4-12-18(27)20(13)23-22-26-17-11-5-8-14(21(17)28-22)19-15(24-2)9-6-10-16(19)25-3/h4-12,22,28H,27H2,1-3H3/q-1. The van der Waals surface area contributed by atoms with Crippen molar-refractivity contribution in [1.29, 1.82) is 0 Å². The molecule has 1 heterocycles. The summed E-state index contributed by atoms with van der Waals surface area (Å²) in [5.74, 6) is 2.64. The second-order valence-electron chi connectivity index (χ2n) is 6.38. The van der Waals surface area contributed by atoms with E-state index in [-0.39, 0.29) is 25.1 Å². The number of hydrogen-bond acceptors (Lipinski definition) is 3. The molecule has 0 fully saturated rings. The summed E-state index contributed by atoms with van der Waals surface area (Å²) in [7, 11) is 6.90. The van der Waals surface area contributed by atoms with Crippen LogP contribution >= 0.6 is 17.8 Å². The van der Waals surface area contributed by atoms with E-state index in [1.807, 2.05) is 18.2 Å². The van der Waals surface area contributed by atoms with Crippen molar-refractivity contribution in [2.45, 2.75) is 10.8 Å². The van der Waals surface area contributed by atoms with Crippen LogP contribution in [0, 0.1) is 10.5 Å². The number of hydrogen-bond donors (Lipinski definition) is 0. The van der Waals surface area contributed by atoms with Crippen molar-refractivity contribution in [3.63, 3.8) is 0 Å². The average Bonchev–Trinajstić information content (AvgIpc) is 3.13. The molecule has 0 aliphatic carbocycles. The second-order valence-corrected chi connectivity index (χ2v) is 12.3. The molecular formula is C22H22IO3P2-. The molecule has 1 aliphatic rings. The molecule has 4 rings (SSSR count). The maximum atomic E-state index is 6.40. The van der Waals surface area contributed by atoms with E-state index in [9.17, 15) is 0 Å². The van der Waals surface area contributed by atoms with Gasteiger partial charge in [-0.1, -0.05) is 0 Å². The zero-order valence-corrected chi connectivity index (χ0v) is 20.3. The van der Waals surface area contributed by atoms with Crippen molar-refractivity contribution >= 4 is 28.4 Å².